The molecule has 0 radical (unpaired) electrons. The zero-order valence-electron chi connectivity index (χ0n) is 16.3. The van der Waals surface area contributed by atoms with Crippen LogP contribution in [0.15, 0.2) is 24.3 Å². The Hall–Kier alpha value is -2.42. The summed E-state index contributed by atoms with van der Waals surface area (Å²) in [5, 5.41) is 4.33. The fourth-order valence-electron chi connectivity index (χ4n) is 2.27. The van der Waals surface area contributed by atoms with E-state index in [1.165, 1.54) is 0 Å². The lowest BCUT2D eigenvalue weighted by atomic mass is 9.90. The SMILES string of the molecule is CCCCNC(=O)Nc1ccc(C(F)(F)C(F)(F)C(F)(F)C(F)(F)C(F)(F)C(F)(F)F)cc1. The smallest absolute Gasteiger partial charge is 0.338 e. The molecule has 1 rings (SSSR count). The third-order valence-corrected chi connectivity index (χ3v) is 4.25. The summed E-state index contributed by atoms with van der Waals surface area (Å²) in [4.78, 5) is 11.5. The number of nitrogens with one attached hydrogen (secondary N) is 2. The molecule has 16 heteroatoms. The van der Waals surface area contributed by atoms with E-state index < -0.39 is 47.4 Å². The van der Waals surface area contributed by atoms with Gasteiger partial charge in [-0.3, -0.25) is 0 Å². The third kappa shape index (κ3) is 4.93. The monoisotopic (exact) mass is 510 g/mol. The number of halogens is 13. The van der Waals surface area contributed by atoms with Gasteiger partial charge in [0.2, 0.25) is 0 Å². The van der Waals surface area contributed by atoms with Gasteiger partial charge in [0.15, 0.2) is 0 Å². The zero-order valence-corrected chi connectivity index (χ0v) is 16.3. The number of benzene rings is 1. The highest BCUT2D eigenvalue weighted by molar-refractivity contribution is 5.89. The largest absolute Gasteiger partial charge is 0.460 e. The van der Waals surface area contributed by atoms with Crippen molar-refractivity contribution in [3.63, 3.8) is 0 Å². The van der Waals surface area contributed by atoms with Crippen LogP contribution >= 0.6 is 0 Å². The lowest BCUT2D eigenvalue weighted by Crippen LogP contribution is -2.69. The molecule has 0 saturated heterocycles. The molecule has 0 atom stereocenters. The second kappa shape index (κ2) is 9.08. The van der Waals surface area contributed by atoms with Gasteiger partial charge in [0.05, 0.1) is 0 Å². The predicted molar refractivity (Wildman–Crippen MR) is 88.1 cm³/mol. The number of amides is 2. The van der Waals surface area contributed by atoms with Crippen LogP contribution in [0.4, 0.5) is 67.6 Å². The highest BCUT2D eigenvalue weighted by Crippen LogP contribution is 2.62. The molecule has 190 valence electrons. The molecule has 2 N–H and O–H groups in total. The molecular formula is C17H15F13N2O. The molecule has 0 aromatic heterocycles. The van der Waals surface area contributed by atoms with Gasteiger partial charge in [0.1, 0.15) is 0 Å². The molecule has 2 amide bonds. The van der Waals surface area contributed by atoms with E-state index in [1.54, 1.807) is 6.92 Å². The predicted octanol–water partition coefficient (Wildman–Crippen LogP) is 6.80. The minimum atomic E-state index is -7.96. The van der Waals surface area contributed by atoms with Gasteiger partial charge in [0, 0.05) is 17.8 Å². The van der Waals surface area contributed by atoms with Crippen LogP contribution in [0.3, 0.4) is 0 Å². The minimum Gasteiger partial charge on any atom is -0.338 e. The molecule has 0 bridgehead atoms. The normalized spacial score (nSPS) is 14.2. The molecular weight excluding hydrogens is 495 g/mol. The number of anilines is 1. The van der Waals surface area contributed by atoms with Gasteiger partial charge in [0.25, 0.3) is 0 Å². The number of rotatable bonds is 9. The van der Waals surface area contributed by atoms with Crippen molar-refractivity contribution < 1.29 is 61.9 Å². The molecule has 1 aromatic rings. The number of unbranched alkanes of at least 4 members (excludes halogenated alkanes) is 1. The lowest BCUT2D eigenvalue weighted by Gasteiger charge is -2.39. The Bertz CT molecular complexity index is 819. The van der Waals surface area contributed by atoms with E-state index in [1.807, 2.05) is 5.32 Å². The van der Waals surface area contributed by atoms with Gasteiger partial charge in [-0.2, -0.15) is 57.1 Å². The van der Waals surface area contributed by atoms with Gasteiger partial charge in [-0.05, 0) is 18.6 Å². The number of hydrogen-bond acceptors (Lipinski definition) is 1. The number of carbonyl (C=O) groups is 1. The van der Waals surface area contributed by atoms with E-state index in [4.69, 9.17) is 0 Å². The van der Waals surface area contributed by atoms with Crippen LogP contribution in [-0.4, -0.2) is 42.4 Å². The highest BCUT2D eigenvalue weighted by Gasteiger charge is 2.90. The highest BCUT2D eigenvalue weighted by atomic mass is 19.4. The molecule has 0 aliphatic rings. The Morgan fingerprint density at radius 2 is 1.18 bits per heavy atom. The second-order valence-corrected chi connectivity index (χ2v) is 6.68. The van der Waals surface area contributed by atoms with Gasteiger partial charge in [-0.15, -0.1) is 0 Å². The van der Waals surface area contributed by atoms with E-state index in [0.29, 0.717) is 25.0 Å². The first-order valence-corrected chi connectivity index (χ1v) is 8.79. The first kappa shape index (κ1) is 28.6. The Labute approximate surface area is 177 Å². The molecule has 3 nitrogen and oxygen atoms in total. The minimum absolute atomic E-state index is 0.0360. The van der Waals surface area contributed by atoms with Crippen molar-refractivity contribution in [2.75, 3.05) is 11.9 Å². The molecule has 0 fully saturated rings. The average Bonchev–Trinajstić information content (AvgIpc) is 2.67. The van der Waals surface area contributed by atoms with E-state index in [-0.39, 0.29) is 24.4 Å². The Kier molecular flexibility index (Phi) is 7.87. The van der Waals surface area contributed by atoms with Crippen molar-refractivity contribution in [2.24, 2.45) is 0 Å². The molecule has 1 aromatic carbocycles. The number of hydrogen-bond donors (Lipinski definition) is 2. The van der Waals surface area contributed by atoms with Crippen molar-refractivity contribution in [2.45, 2.75) is 55.6 Å². The van der Waals surface area contributed by atoms with Crippen molar-refractivity contribution in [1.29, 1.82) is 0 Å². The summed E-state index contributed by atoms with van der Waals surface area (Å²) in [6.45, 7) is 1.98. The maximum absolute atomic E-state index is 14.1. The molecule has 0 unspecified atom stereocenters. The summed E-state index contributed by atoms with van der Waals surface area (Å²) in [6.07, 6.45) is -6.22. The second-order valence-electron chi connectivity index (χ2n) is 6.68. The van der Waals surface area contributed by atoms with Crippen LogP contribution in [0, 0.1) is 0 Å². The van der Waals surface area contributed by atoms with Gasteiger partial charge >= 0.3 is 41.8 Å². The maximum atomic E-state index is 14.1. The van der Waals surface area contributed by atoms with E-state index >= 15 is 0 Å². The van der Waals surface area contributed by atoms with E-state index in [0.717, 1.165) is 0 Å². The van der Waals surface area contributed by atoms with Crippen LogP contribution in [-0.2, 0) is 5.92 Å². The standard InChI is InChI=1S/C17H15F13N2O/c1-2-3-8-31-11(33)32-10-6-4-9(5-7-10)12(18,19)13(20,21)14(22,23)15(24,25)16(26,27)17(28,29)30/h4-7H,2-3,8H2,1H3,(H2,31,32,33). The van der Waals surface area contributed by atoms with Crippen LogP contribution in [0.5, 0.6) is 0 Å². The zero-order chi connectivity index (χ0) is 26.1. The first-order chi connectivity index (χ1) is 14.7. The van der Waals surface area contributed by atoms with Gasteiger partial charge in [-0.25, -0.2) is 4.79 Å². The molecule has 0 saturated carbocycles. The van der Waals surface area contributed by atoms with E-state index in [2.05, 4.69) is 5.32 Å². The summed E-state index contributed by atoms with van der Waals surface area (Å²) < 4.78 is 171. The summed E-state index contributed by atoms with van der Waals surface area (Å²) in [7, 11) is 0. The summed E-state index contributed by atoms with van der Waals surface area (Å²) >= 11 is 0. The van der Waals surface area contributed by atoms with Crippen LogP contribution in [0.1, 0.15) is 25.3 Å². The number of alkyl halides is 13. The lowest BCUT2D eigenvalue weighted by molar-refractivity contribution is -0.441. The fourth-order valence-corrected chi connectivity index (χ4v) is 2.27. The number of carbonyl (C=O) groups excluding carboxylic acids is 1. The molecule has 0 aliphatic heterocycles. The fraction of sp³-hybridized carbons (Fsp3) is 0.588. The molecule has 0 heterocycles. The van der Waals surface area contributed by atoms with Crippen LogP contribution < -0.4 is 10.6 Å². The first-order valence-electron chi connectivity index (χ1n) is 8.79. The van der Waals surface area contributed by atoms with Crippen LogP contribution in [0.25, 0.3) is 0 Å². The third-order valence-electron chi connectivity index (χ3n) is 4.25. The summed E-state index contributed by atoms with van der Waals surface area (Å²) in [5.41, 5.74) is -2.48. The van der Waals surface area contributed by atoms with Crippen LogP contribution in [0.2, 0.25) is 0 Å². The summed E-state index contributed by atoms with van der Waals surface area (Å²) in [6, 6.07) is -0.0374. The topological polar surface area (TPSA) is 41.1 Å². The quantitative estimate of drug-likeness (QED) is 0.279. The molecule has 0 aliphatic carbocycles. The van der Waals surface area contributed by atoms with Gasteiger partial charge in [-0.1, -0.05) is 25.5 Å². The number of urea groups is 1. The Morgan fingerprint density at radius 3 is 1.61 bits per heavy atom. The maximum Gasteiger partial charge on any atom is 0.460 e. The Morgan fingerprint density at radius 1 is 0.727 bits per heavy atom. The van der Waals surface area contributed by atoms with Crippen molar-refractivity contribution in [3.8, 4) is 0 Å². The average molecular weight is 510 g/mol. The Balaban J connectivity index is 3.26. The summed E-state index contributed by atoms with van der Waals surface area (Å²) in [5.74, 6) is -37.3. The van der Waals surface area contributed by atoms with Crippen molar-refractivity contribution >= 4 is 11.7 Å². The van der Waals surface area contributed by atoms with Crippen molar-refractivity contribution in [3.05, 3.63) is 29.8 Å². The van der Waals surface area contributed by atoms with Crippen molar-refractivity contribution in [1.82, 2.24) is 5.32 Å². The van der Waals surface area contributed by atoms with Gasteiger partial charge < -0.3 is 10.6 Å². The van der Waals surface area contributed by atoms with E-state index in [9.17, 15) is 61.9 Å². The molecule has 33 heavy (non-hydrogen) atoms. The molecule has 0 spiro atoms.